The van der Waals surface area contributed by atoms with Crippen LogP contribution in [0, 0.1) is 5.41 Å². The lowest BCUT2D eigenvalue weighted by molar-refractivity contribution is -0.138. The molecule has 0 fully saturated rings. The van der Waals surface area contributed by atoms with Crippen molar-refractivity contribution in [2.45, 2.75) is 33.1 Å². The summed E-state index contributed by atoms with van der Waals surface area (Å²) in [6.07, 6.45) is 4.53. The van der Waals surface area contributed by atoms with E-state index in [1.165, 1.54) is 7.11 Å². The van der Waals surface area contributed by atoms with Crippen molar-refractivity contribution < 1.29 is 19.4 Å². The van der Waals surface area contributed by atoms with E-state index in [4.69, 9.17) is 0 Å². The van der Waals surface area contributed by atoms with Crippen molar-refractivity contribution in [3.63, 3.8) is 0 Å². The summed E-state index contributed by atoms with van der Waals surface area (Å²) >= 11 is 0. The van der Waals surface area contributed by atoms with E-state index in [1.807, 2.05) is 30.3 Å². The molecule has 0 aliphatic carbocycles. The molecule has 2 rings (SSSR count). The molecule has 0 saturated carbocycles. The highest BCUT2D eigenvalue weighted by Gasteiger charge is 2.20. The fraction of sp³-hybridized carbons (Fsp3) is 0.304. The van der Waals surface area contributed by atoms with Crippen LogP contribution in [0.3, 0.4) is 0 Å². The summed E-state index contributed by atoms with van der Waals surface area (Å²) in [7, 11) is 1.33. The first-order valence-electron chi connectivity index (χ1n) is 8.89. The van der Waals surface area contributed by atoms with Gasteiger partial charge in [0.2, 0.25) is 0 Å². The third kappa shape index (κ3) is 6.10. The monoisotopic (exact) mass is 366 g/mol. The van der Waals surface area contributed by atoms with Crippen LogP contribution in [0.5, 0.6) is 0 Å². The second-order valence-electron chi connectivity index (χ2n) is 7.65. The van der Waals surface area contributed by atoms with Crippen molar-refractivity contribution in [2.75, 3.05) is 7.11 Å². The number of aliphatic carboxylic acids is 1. The van der Waals surface area contributed by atoms with Crippen LogP contribution < -0.4 is 0 Å². The molecule has 0 radical (unpaired) electrons. The van der Waals surface area contributed by atoms with Crippen LogP contribution in [0.2, 0.25) is 0 Å². The summed E-state index contributed by atoms with van der Waals surface area (Å²) in [6.45, 7) is 6.39. The fourth-order valence-electron chi connectivity index (χ4n) is 2.66. The average molecular weight is 366 g/mol. The Morgan fingerprint density at radius 2 is 1.63 bits per heavy atom. The Bertz CT molecular complexity index is 809. The minimum atomic E-state index is -0.870. The molecule has 4 nitrogen and oxygen atoms in total. The number of methoxy groups -OCH3 is 1. The van der Waals surface area contributed by atoms with E-state index in [0.29, 0.717) is 12.0 Å². The molecule has 0 bridgehead atoms. The largest absolute Gasteiger partial charge is 0.481 e. The van der Waals surface area contributed by atoms with Crippen LogP contribution >= 0.6 is 0 Å². The number of ether oxygens (including phenoxy) is 1. The topological polar surface area (TPSA) is 63.6 Å². The van der Waals surface area contributed by atoms with Gasteiger partial charge >= 0.3 is 11.9 Å². The van der Waals surface area contributed by atoms with Gasteiger partial charge in [0.1, 0.15) is 0 Å². The summed E-state index contributed by atoms with van der Waals surface area (Å²) in [5.74, 6) is -1.92. The molecule has 0 amide bonds. The van der Waals surface area contributed by atoms with Gasteiger partial charge in [-0.2, -0.15) is 0 Å². The van der Waals surface area contributed by atoms with Gasteiger partial charge in [0.15, 0.2) is 0 Å². The number of carbonyl (C=O) groups is 2. The van der Waals surface area contributed by atoms with Crippen LogP contribution in [0.4, 0.5) is 0 Å². The van der Waals surface area contributed by atoms with Crippen LogP contribution in [-0.4, -0.2) is 24.2 Å². The van der Waals surface area contributed by atoms with Crippen LogP contribution in [0.15, 0.2) is 54.6 Å². The molecule has 1 unspecified atom stereocenters. The van der Waals surface area contributed by atoms with E-state index in [9.17, 15) is 14.7 Å². The molecule has 27 heavy (non-hydrogen) atoms. The summed E-state index contributed by atoms with van der Waals surface area (Å²) in [5, 5.41) is 9.66. The minimum absolute atomic E-state index is 0.0959. The number of allylic oxidation sites excluding steroid dienone is 1. The maximum absolute atomic E-state index is 11.8. The number of hydrogen-bond donors (Lipinski definition) is 1. The van der Waals surface area contributed by atoms with Gasteiger partial charge in [-0.1, -0.05) is 69.3 Å². The Hall–Kier alpha value is -2.88. The number of carboxylic acids is 1. The van der Waals surface area contributed by atoms with E-state index in [0.717, 1.165) is 16.7 Å². The molecule has 1 N–H and O–H groups in total. The van der Waals surface area contributed by atoms with Crippen molar-refractivity contribution in [3.05, 3.63) is 76.9 Å². The summed E-state index contributed by atoms with van der Waals surface area (Å²) in [4.78, 5) is 23.3. The highest BCUT2D eigenvalue weighted by Crippen LogP contribution is 2.24. The molecule has 2 aromatic carbocycles. The number of benzene rings is 2. The Morgan fingerprint density at radius 1 is 1.04 bits per heavy atom. The molecular formula is C23H26O4. The van der Waals surface area contributed by atoms with Crippen molar-refractivity contribution in [3.8, 4) is 0 Å². The lowest BCUT2D eigenvalue weighted by Gasteiger charge is -2.14. The lowest BCUT2D eigenvalue weighted by Crippen LogP contribution is -2.14. The molecule has 1 atom stereocenters. The van der Waals surface area contributed by atoms with Gasteiger partial charge in [0.25, 0.3) is 0 Å². The zero-order valence-corrected chi connectivity index (χ0v) is 16.2. The van der Waals surface area contributed by atoms with Gasteiger partial charge in [-0.25, -0.2) is 4.79 Å². The Balaban J connectivity index is 2.16. The first kappa shape index (κ1) is 20.4. The van der Waals surface area contributed by atoms with Crippen LogP contribution in [-0.2, 0) is 16.0 Å². The maximum Gasteiger partial charge on any atom is 0.337 e. The predicted octanol–water partition coefficient (Wildman–Crippen LogP) is 4.94. The van der Waals surface area contributed by atoms with Crippen LogP contribution in [0.25, 0.3) is 6.08 Å². The highest BCUT2D eigenvalue weighted by molar-refractivity contribution is 5.89. The van der Waals surface area contributed by atoms with Crippen molar-refractivity contribution in [1.82, 2.24) is 0 Å². The average Bonchev–Trinajstić information content (AvgIpc) is 2.64. The molecule has 0 spiro atoms. The van der Waals surface area contributed by atoms with Crippen molar-refractivity contribution >= 4 is 18.0 Å². The second-order valence-corrected chi connectivity index (χ2v) is 7.65. The summed E-state index contributed by atoms with van der Waals surface area (Å²) < 4.78 is 4.68. The standard InChI is InChI=1S/C23H26O4/c1-23(2,3)14-13-16-5-9-18(10-6-16)20(21(24)25)15-17-7-11-19(12-8-17)22(26)27-4/h5-14,20H,15H2,1-4H3,(H,24,25)/b14-13+. The Morgan fingerprint density at radius 3 is 2.11 bits per heavy atom. The van der Waals surface area contributed by atoms with E-state index in [1.54, 1.807) is 24.3 Å². The number of carboxylic acid groups (broad SMARTS) is 1. The van der Waals surface area contributed by atoms with E-state index >= 15 is 0 Å². The normalized spacial score (nSPS) is 12.7. The van der Waals surface area contributed by atoms with Gasteiger partial charge in [0.05, 0.1) is 18.6 Å². The molecule has 4 heteroatoms. The maximum atomic E-state index is 11.8. The molecule has 0 aromatic heterocycles. The zero-order valence-electron chi connectivity index (χ0n) is 16.2. The number of rotatable bonds is 6. The molecule has 0 saturated heterocycles. The fourth-order valence-corrected chi connectivity index (χ4v) is 2.66. The second kappa shape index (κ2) is 8.67. The summed E-state index contributed by atoms with van der Waals surface area (Å²) in [6, 6.07) is 14.4. The molecular weight excluding hydrogens is 340 g/mol. The SMILES string of the molecule is COC(=O)c1ccc(CC(C(=O)O)c2ccc(/C=C/C(C)(C)C)cc2)cc1. The molecule has 142 valence electrons. The van der Waals surface area contributed by atoms with Gasteiger partial charge < -0.3 is 9.84 Å². The van der Waals surface area contributed by atoms with Gasteiger partial charge in [-0.15, -0.1) is 0 Å². The first-order valence-corrected chi connectivity index (χ1v) is 8.89. The minimum Gasteiger partial charge on any atom is -0.481 e. The number of hydrogen-bond acceptors (Lipinski definition) is 3. The number of carbonyl (C=O) groups excluding carboxylic acids is 1. The third-order valence-corrected chi connectivity index (χ3v) is 4.23. The van der Waals surface area contributed by atoms with Gasteiger partial charge in [-0.05, 0) is 40.7 Å². The first-order chi connectivity index (χ1) is 12.7. The number of esters is 1. The Kier molecular flexibility index (Phi) is 6.56. The summed E-state index contributed by atoms with van der Waals surface area (Å²) in [5.41, 5.74) is 3.20. The van der Waals surface area contributed by atoms with Gasteiger partial charge in [0, 0.05) is 0 Å². The van der Waals surface area contributed by atoms with Crippen molar-refractivity contribution in [2.24, 2.45) is 5.41 Å². The Labute approximate surface area is 160 Å². The molecule has 2 aromatic rings. The van der Waals surface area contributed by atoms with E-state index in [-0.39, 0.29) is 5.41 Å². The highest BCUT2D eigenvalue weighted by atomic mass is 16.5. The van der Waals surface area contributed by atoms with Crippen LogP contribution in [0.1, 0.15) is 53.7 Å². The predicted molar refractivity (Wildman–Crippen MR) is 107 cm³/mol. The van der Waals surface area contributed by atoms with Gasteiger partial charge in [-0.3, -0.25) is 4.79 Å². The molecule has 0 aliphatic heterocycles. The zero-order chi connectivity index (χ0) is 20.0. The van der Waals surface area contributed by atoms with E-state index < -0.39 is 17.9 Å². The molecule has 0 aliphatic rings. The smallest absolute Gasteiger partial charge is 0.337 e. The van der Waals surface area contributed by atoms with E-state index in [2.05, 4.69) is 31.6 Å². The quantitative estimate of drug-likeness (QED) is 0.735. The molecule has 0 heterocycles. The third-order valence-electron chi connectivity index (χ3n) is 4.23. The van der Waals surface area contributed by atoms with Crippen molar-refractivity contribution in [1.29, 1.82) is 0 Å². The lowest BCUT2D eigenvalue weighted by atomic mass is 9.90.